The van der Waals surface area contributed by atoms with Crippen molar-refractivity contribution in [3.05, 3.63) is 53.0 Å². The molecule has 162 valence electrons. The monoisotopic (exact) mass is 412 g/mol. The second-order valence-electron chi connectivity index (χ2n) is 6.86. The van der Waals surface area contributed by atoms with Gasteiger partial charge in [-0.3, -0.25) is 9.48 Å². The second kappa shape index (κ2) is 10.2. The highest BCUT2D eigenvalue weighted by Crippen LogP contribution is 2.53. The summed E-state index contributed by atoms with van der Waals surface area (Å²) in [6.45, 7) is 12.3. The van der Waals surface area contributed by atoms with Gasteiger partial charge < -0.3 is 9.63 Å². The fraction of sp³-hybridized carbons (Fsp3) is 0.478. The Morgan fingerprint density at radius 2 is 1.83 bits per heavy atom. The van der Waals surface area contributed by atoms with Crippen molar-refractivity contribution < 1.29 is 14.4 Å². The van der Waals surface area contributed by atoms with Crippen LogP contribution in [0.3, 0.4) is 0 Å². The lowest BCUT2D eigenvalue weighted by molar-refractivity contribution is -0.137. The summed E-state index contributed by atoms with van der Waals surface area (Å²) in [5, 5.41) is 17.5. The van der Waals surface area contributed by atoms with E-state index < -0.39 is 5.97 Å². The molecule has 1 N–H and O–H groups in total. The average molecular weight is 413 g/mol. The lowest BCUT2D eigenvalue weighted by Gasteiger charge is -2.13. The maximum Gasteiger partial charge on any atom is 0.305 e. The number of carboxylic acid groups (broad SMARTS) is 1. The van der Waals surface area contributed by atoms with E-state index in [4.69, 9.17) is 9.63 Å². The van der Waals surface area contributed by atoms with Crippen LogP contribution in [0.2, 0.25) is 0 Å². The minimum Gasteiger partial charge on any atom is -0.481 e. The van der Waals surface area contributed by atoms with Gasteiger partial charge in [0.25, 0.3) is 5.89 Å². The summed E-state index contributed by atoms with van der Waals surface area (Å²) >= 11 is 0. The van der Waals surface area contributed by atoms with E-state index in [0.29, 0.717) is 24.0 Å². The number of aromatic nitrogens is 4. The zero-order valence-electron chi connectivity index (χ0n) is 18.8. The van der Waals surface area contributed by atoms with Gasteiger partial charge in [0, 0.05) is 5.69 Å². The molecule has 1 fully saturated rings. The van der Waals surface area contributed by atoms with Crippen LogP contribution in [0.4, 0.5) is 0 Å². The topological polar surface area (TPSA) is 94.0 Å². The summed E-state index contributed by atoms with van der Waals surface area (Å²) in [7, 11) is 0. The van der Waals surface area contributed by atoms with Crippen LogP contribution in [0.5, 0.6) is 0 Å². The number of hydrogen-bond donors (Lipinski definition) is 1. The van der Waals surface area contributed by atoms with E-state index in [-0.39, 0.29) is 11.8 Å². The first kappa shape index (κ1) is 23.3. The molecule has 0 aliphatic heterocycles. The van der Waals surface area contributed by atoms with Gasteiger partial charge >= 0.3 is 5.97 Å². The molecular formula is C23H32N4O3. The zero-order chi connectivity index (χ0) is 22.3. The Morgan fingerprint density at radius 1 is 1.17 bits per heavy atom. The highest BCUT2D eigenvalue weighted by Gasteiger charge is 2.50. The number of aliphatic carboxylic acids is 1. The van der Waals surface area contributed by atoms with Crippen molar-refractivity contribution in [3.8, 4) is 11.6 Å². The predicted molar refractivity (Wildman–Crippen MR) is 116 cm³/mol. The molecule has 1 aromatic carbocycles. The molecule has 2 heterocycles. The van der Waals surface area contributed by atoms with Gasteiger partial charge in [-0.25, -0.2) is 0 Å². The fourth-order valence-corrected chi connectivity index (χ4v) is 3.41. The molecule has 0 radical (unpaired) electrons. The van der Waals surface area contributed by atoms with Crippen LogP contribution in [0, 0.1) is 13.8 Å². The molecule has 0 amide bonds. The Labute approximate surface area is 178 Å². The first-order valence-electron chi connectivity index (χ1n) is 10.7. The van der Waals surface area contributed by atoms with Crippen molar-refractivity contribution in [1.29, 1.82) is 0 Å². The maximum absolute atomic E-state index is 10.8. The van der Waals surface area contributed by atoms with Crippen LogP contribution in [0.1, 0.15) is 69.6 Å². The number of rotatable bonds is 6. The Balaban J connectivity index is 0.000000757. The quantitative estimate of drug-likeness (QED) is 0.601. The summed E-state index contributed by atoms with van der Waals surface area (Å²) in [5.74, 6) is 0.215. The molecular weight excluding hydrogens is 380 g/mol. The number of carboxylic acids is 1. The summed E-state index contributed by atoms with van der Waals surface area (Å²) in [5.41, 5.74) is 3.75. The first-order chi connectivity index (χ1) is 14.5. The van der Waals surface area contributed by atoms with Crippen molar-refractivity contribution in [2.45, 2.75) is 72.8 Å². The summed E-state index contributed by atoms with van der Waals surface area (Å²) in [4.78, 5) is 15.4. The third kappa shape index (κ3) is 4.78. The van der Waals surface area contributed by atoms with Gasteiger partial charge in [0.15, 0.2) is 11.5 Å². The molecule has 1 aliphatic carbocycles. The van der Waals surface area contributed by atoms with Crippen LogP contribution in [-0.4, -0.2) is 31.0 Å². The van der Waals surface area contributed by atoms with Crippen LogP contribution in [0.15, 0.2) is 34.9 Å². The van der Waals surface area contributed by atoms with Gasteiger partial charge in [0.2, 0.25) is 0 Å². The largest absolute Gasteiger partial charge is 0.481 e. The van der Waals surface area contributed by atoms with Gasteiger partial charge in [-0.15, -0.1) is 0 Å². The van der Waals surface area contributed by atoms with Gasteiger partial charge in [-0.05, 0) is 43.9 Å². The van der Waals surface area contributed by atoms with Crippen molar-refractivity contribution >= 4 is 5.97 Å². The highest BCUT2D eigenvalue weighted by molar-refractivity contribution is 5.66. The molecule has 0 unspecified atom stereocenters. The Hall–Kier alpha value is -2.96. The van der Waals surface area contributed by atoms with Gasteiger partial charge in [-0.1, -0.05) is 57.1 Å². The lowest BCUT2D eigenvalue weighted by Crippen LogP contribution is -2.12. The Morgan fingerprint density at radius 3 is 2.43 bits per heavy atom. The highest BCUT2D eigenvalue weighted by atomic mass is 16.5. The van der Waals surface area contributed by atoms with Crippen LogP contribution >= 0.6 is 0 Å². The first-order valence-corrected chi connectivity index (χ1v) is 10.7. The number of hydrogen-bond acceptors (Lipinski definition) is 5. The van der Waals surface area contributed by atoms with E-state index in [9.17, 15) is 4.79 Å². The van der Waals surface area contributed by atoms with Gasteiger partial charge in [0.1, 0.15) is 0 Å². The average Bonchev–Trinajstić information content (AvgIpc) is 3.24. The normalized spacial score (nSPS) is 13.5. The third-order valence-electron chi connectivity index (χ3n) is 5.00. The van der Waals surface area contributed by atoms with E-state index in [0.717, 1.165) is 18.5 Å². The van der Waals surface area contributed by atoms with E-state index in [1.54, 1.807) is 4.68 Å². The summed E-state index contributed by atoms with van der Waals surface area (Å²) in [6, 6.07) is 10.1. The van der Waals surface area contributed by atoms with Crippen LogP contribution < -0.4 is 0 Å². The van der Waals surface area contributed by atoms with Crippen LogP contribution in [-0.2, 0) is 16.8 Å². The molecule has 1 aliphatic rings. The maximum atomic E-state index is 10.8. The molecule has 2 aromatic heterocycles. The van der Waals surface area contributed by atoms with E-state index in [1.807, 2.05) is 52.8 Å². The van der Waals surface area contributed by atoms with Crippen LogP contribution in [0.25, 0.3) is 11.6 Å². The van der Waals surface area contributed by atoms with Crippen molar-refractivity contribution in [1.82, 2.24) is 19.9 Å². The lowest BCUT2D eigenvalue weighted by atomic mass is 9.91. The summed E-state index contributed by atoms with van der Waals surface area (Å²) < 4.78 is 7.13. The van der Waals surface area contributed by atoms with Crippen molar-refractivity contribution in [3.63, 3.8) is 0 Å². The smallest absolute Gasteiger partial charge is 0.305 e. The molecule has 7 heteroatoms. The molecule has 0 spiro atoms. The van der Waals surface area contributed by atoms with E-state index in [1.165, 1.54) is 11.1 Å². The fourth-order valence-electron chi connectivity index (χ4n) is 3.41. The number of nitrogens with zero attached hydrogens (tertiary/aromatic N) is 4. The molecule has 7 nitrogen and oxygen atoms in total. The Bertz CT molecular complexity index is 970. The van der Waals surface area contributed by atoms with Gasteiger partial charge in [0.05, 0.1) is 18.4 Å². The molecule has 1 saturated carbocycles. The van der Waals surface area contributed by atoms with E-state index in [2.05, 4.69) is 34.3 Å². The number of benzene rings is 1. The van der Waals surface area contributed by atoms with Gasteiger partial charge in [-0.2, -0.15) is 10.1 Å². The minimum absolute atomic E-state index is 0.0213. The number of carbonyl (C=O) groups is 1. The molecule has 0 bridgehead atoms. The Kier molecular flexibility index (Phi) is 7.92. The molecule has 0 atom stereocenters. The second-order valence-corrected chi connectivity index (χ2v) is 6.86. The molecule has 30 heavy (non-hydrogen) atoms. The minimum atomic E-state index is -0.851. The van der Waals surface area contributed by atoms with Crippen molar-refractivity contribution in [2.24, 2.45) is 0 Å². The zero-order valence-corrected chi connectivity index (χ0v) is 18.8. The molecule has 4 rings (SSSR count). The van der Waals surface area contributed by atoms with Crippen molar-refractivity contribution in [2.75, 3.05) is 0 Å². The molecule has 0 saturated heterocycles. The SMILES string of the molecule is CC.CC.Cc1ccccc1C1(c2noc(-c3cc(C)n(CCC(=O)O)n3)n2)CC1. The third-order valence-corrected chi connectivity index (χ3v) is 5.00. The standard InChI is InChI=1S/C19H20N4O3.2C2H6/c1-12-5-3-4-6-14(12)19(8-9-19)18-20-17(26-22-18)15-11-13(2)23(21-15)10-7-16(24)25;2*1-2/h3-6,11H,7-10H2,1-2H3,(H,24,25);2*1-2H3. The summed E-state index contributed by atoms with van der Waals surface area (Å²) in [6.07, 6.45) is 2.03. The predicted octanol–water partition coefficient (Wildman–Crippen LogP) is 5.16. The van der Waals surface area contributed by atoms with E-state index >= 15 is 0 Å². The number of aryl methyl sites for hydroxylation is 3. The molecule has 3 aromatic rings.